The van der Waals surface area contributed by atoms with Gasteiger partial charge in [0.1, 0.15) is 0 Å². The zero-order valence-corrected chi connectivity index (χ0v) is 10.1. The van der Waals surface area contributed by atoms with Crippen LogP contribution in [0, 0.1) is 6.92 Å². The number of nitrogens with zero attached hydrogens (tertiary/aromatic N) is 2. The molecule has 3 nitrogen and oxygen atoms in total. The summed E-state index contributed by atoms with van der Waals surface area (Å²) in [5.41, 5.74) is 1.18. The van der Waals surface area contributed by atoms with Crippen LogP contribution in [-0.4, -0.2) is 36.1 Å². The Bertz CT molecular complexity index is 292. The van der Waals surface area contributed by atoms with E-state index < -0.39 is 0 Å². The molecule has 2 rings (SSSR count). The van der Waals surface area contributed by atoms with Gasteiger partial charge >= 0.3 is 0 Å². The second-order valence-electron chi connectivity index (χ2n) is 4.08. The molecule has 1 N–H and O–H groups in total. The van der Waals surface area contributed by atoms with Crippen molar-refractivity contribution in [3.63, 3.8) is 0 Å². The molecule has 0 spiro atoms. The molecule has 1 aromatic rings. The molecule has 0 saturated carbocycles. The van der Waals surface area contributed by atoms with Crippen molar-refractivity contribution in [3.05, 3.63) is 16.1 Å². The van der Waals surface area contributed by atoms with Gasteiger partial charge < -0.3 is 10.2 Å². The van der Waals surface area contributed by atoms with Crippen molar-refractivity contribution in [1.29, 1.82) is 0 Å². The van der Waals surface area contributed by atoms with Gasteiger partial charge in [-0.25, -0.2) is 4.98 Å². The van der Waals surface area contributed by atoms with Crippen molar-refractivity contribution in [1.82, 2.24) is 15.2 Å². The molecule has 15 heavy (non-hydrogen) atoms. The fourth-order valence-corrected chi connectivity index (χ4v) is 2.56. The Morgan fingerprint density at radius 3 is 2.93 bits per heavy atom. The van der Waals surface area contributed by atoms with Crippen molar-refractivity contribution in [2.24, 2.45) is 0 Å². The normalized spacial score (nSPS) is 17.4. The van der Waals surface area contributed by atoms with Crippen LogP contribution >= 0.6 is 11.3 Å². The minimum atomic E-state index is 0.915. The molecule has 1 saturated heterocycles. The highest BCUT2D eigenvalue weighted by atomic mass is 32.1. The largest absolute Gasteiger partial charge is 0.310 e. The second-order valence-corrected chi connectivity index (χ2v) is 5.15. The van der Waals surface area contributed by atoms with Crippen LogP contribution in [0.4, 0.5) is 0 Å². The molecule has 0 amide bonds. The molecule has 1 aliphatic rings. The first kappa shape index (κ1) is 11.0. The van der Waals surface area contributed by atoms with E-state index in [1.165, 1.54) is 38.2 Å². The van der Waals surface area contributed by atoms with Gasteiger partial charge in [0.05, 0.1) is 10.7 Å². The molecule has 0 bridgehead atoms. The molecule has 1 aromatic heterocycles. The van der Waals surface area contributed by atoms with Crippen LogP contribution in [0.1, 0.15) is 23.5 Å². The molecule has 2 heterocycles. The van der Waals surface area contributed by atoms with Crippen LogP contribution in [0.3, 0.4) is 0 Å². The van der Waals surface area contributed by atoms with E-state index in [4.69, 9.17) is 0 Å². The maximum absolute atomic E-state index is 4.42. The van der Waals surface area contributed by atoms with Gasteiger partial charge in [-0.15, -0.1) is 11.3 Å². The fraction of sp³-hybridized carbons (Fsp3) is 0.727. The quantitative estimate of drug-likeness (QED) is 0.772. The number of thiazole rings is 1. The van der Waals surface area contributed by atoms with Crippen molar-refractivity contribution in [2.45, 2.75) is 26.3 Å². The summed E-state index contributed by atoms with van der Waals surface area (Å²) in [7, 11) is 0. The predicted molar refractivity (Wildman–Crippen MR) is 64.2 cm³/mol. The standard InChI is InChI=1S/C11H19N3S/c1-10-13-11(9-15-10)8-12-4-7-14-5-2-3-6-14/h9,12H,2-8H2,1H3. The van der Waals surface area contributed by atoms with Gasteiger partial charge in [-0.1, -0.05) is 0 Å². The van der Waals surface area contributed by atoms with Crippen LogP contribution in [-0.2, 0) is 6.54 Å². The van der Waals surface area contributed by atoms with E-state index in [2.05, 4.69) is 27.5 Å². The van der Waals surface area contributed by atoms with E-state index >= 15 is 0 Å². The van der Waals surface area contributed by atoms with Crippen molar-refractivity contribution in [3.8, 4) is 0 Å². The topological polar surface area (TPSA) is 28.2 Å². The van der Waals surface area contributed by atoms with E-state index in [0.29, 0.717) is 0 Å². The summed E-state index contributed by atoms with van der Waals surface area (Å²) < 4.78 is 0. The molecule has 0 aliphatic carbocycles. The minimum absolute atomic E-state index is 0.915. The van der Waals surface area contributed by atoms with Crippen LogP contribution < -0.4 is 5.32 Å². The van der Waals surface area contributed by atoms with Crippen molar-refractivity contribution >= 4 is 11.3 Å². The maximum atomic E-state index is 4.42. The lowest BCUT2D eigenvalue weighted by atomic mass is 10.4. The van der Waals surface area contributed by atoms with Gasteiger partial charge in [-0.3, -0.25) is 0 Å². The summed E-state index contributed by atoms with van der Waals surface area (Å²) in [5, 5.41) is 6.74. The Morgan fingerprint density at radius 2 is 2.27 bits per heavy atom. The second kappa shape index (κ2) is 5.58. The van der Waals surface area contributed by atoms with Crippen LogP contribution in [0.25, 0.3) is 0 Å². The Labute approximate surface area is 95.5 Å². The summed E-state index contributed by atoms with van der Waals surface area (Å²) in [5.74, 6) is 0. The Kier molecular flexibility index (Phi) is 4.11. The monoisotopic (exact) mass is 225 g/mol. The SMILES string of the molecule is Cc1nc(CNCCN2CCCC2)cs1. The van der Waals surface area contributed by atoms with Gasteiger partial charge in [0.25, 0.3) is 0 Å². The van der Waals surface area contributed by atoms with Crippen LogP contribution in [0.15, 0.2) is 5.38 Å². The Hall–Kier alpha value is -0.450. The summed E-state index contributed by atoms with van der Waals surface area (Å²) in [6, 6.07) is 0. The Balaban J connectivity index is 1.58. The number of hydrogen-bond donors (Lipinski definition) is 1. The molecular formula is C11H19N3S. The van der Waals surface area contributed by atoms with Crippen LogP contribution in [0.2, 0.25) is 0 Å². The van der Waals surface area contributed by atoms with Crippen molar-refractivity contribution < 1.29 is 0 Å². The van der Waals surface area contributed by atoms with Gasteiger partial charge in [0.15, 0.2) is 0 Å². The fourth-order valence-electron chi connectivity index (χ4n) is 1.95. The third kappa shape index (κ3) is 3.55. The number of likely N-dealkylation sites (tertiary alicyclic amines) is 1. The number of aromatic nitrogens is 1. The smallest absolute Gasteiger partial charge is 0.0897 e. The van der Waals surface area contributed by atoms with Gasteiger partial charge in [-0.05, 0) is 32.9 Å². The maximum Gasteiger partial charge on any atom is 0.0897 e. The highest BCUT2D eigenvalue weighted by Crippen LogP contribution is 2.07. The van der Waals surface area contributed by atoms with Gasteiger partial charge in [-0.2, -0.15) is 0 Å². The Morgan fingerprint density at radius 1 is 1.47 bits per heavy atom. The first-order chi connectivity index (χ1) is 7.34. The van der Waals surface area contributed by atoms with E-state index in [-0.39, 0.29) is 0 Å². The number of nitrogens with one attached hydrogen (secondary N) is 1. The van der Waals surface area contributed by atoms with Crippen molar-refractivity contribution in [2.75, 3.05) is 26.2 Å². The number of aryl methyl sites for hydroxylation is 1. The van der Waals surface area contributed by atoms with E-state index in [1.807, 2.05) is 0 Å². The average Bonchev–Trinajstić information content (AvgIpc) is 2.84. The molecule has 0 radical (unpaired) electrons. The molecule has 0 unspecified atom stereocenters. The summed E-state index contributed by atoms with van der Waals surface area (Å²) in [6.07, 6.45) is 2.76. The first-order valence-corrected chi connectivity index (χ1v) is 6.56. The molecule has 1 fully saturated rings. The lowest BCUT2D eigenvalue weighted by Gasteiger charge is -2.14. The number of rotatable bonds is 5. The third-order valence-electron chi connectivity index (χ3n) is 2.78. The summed E-state index contributed by atoms with van der Waals surface area (Å²) in [6.45, 7) is 7.81. The summed E-state index contributed by atoms with van der Waals surface area (Å²) >= 11 is 1.73. The first-order valence-electron chi connectivity index (χ1n) is 5.69. The van der Waals surface area contributed by atoms with Gasteiger partial charge in [0.2, 0.25) is 0 Å². The highest BCUT2D eigenvalue weighted by molar-refractivity contribution is 7.09. The van der Waals surface area contributed by atoms with E-state index in [0.717, 1.165) is 18.1 Å². The van der Waals surface area contributed by atoms with Gasteiger partial charge in [0, 0.05) is 25.0 Å². The molecular weight excluding hydrogens is 206 g/mol. The summed E-state index contributed by atoms with van der Waals surface area (Å²) in [4.78, 5) is 6.95. The zero-order valence-electron chi connectivity index (χ0n) is 9.33. The molecule has 84 valence electrons. The third-order valence-corrected chi connectivity index (χ3v) is 3.60. The highest BCUT2D eigenvalue weighted by Gasteiger charge is 2.09. The molecule has 0 atom stereocenters. The van der Waals surface area contributed by atoms with Crippen LogP contribution in [0.5, 0.6) is 0 Å². The predicted octanol–water partition coefficient (Wildman–Crippen LogP) is 1.64. The zero-order chi connectivity index (χ0) is 10.5. The van der Waals surface area contributed by atoms with E-state index in [1.54, 1.807) is 11.3 Å². The molecule has 4 heteroatoms. The molecule has 0 aromatic carbocycles. The lowest BCUT2D eigenvalue weighted by molar-refractivity contribution is 0.335. The molecule has 1 aliphatic heterocycles. The number of hydrogen-bond acceptors (Lipinski definition) is 4. The lowest BCUT2D eigenvalue weighted by Crippen LogP contribution is -2.29. The minimum Gasteiger partial charge on any atom is -0.310 e. The van der Waals surface area contributed by atoms with E-state index in [9.17, 15) is 0 Å². The average molecular weight is 225 g/mol.